The van der Waals surface area contributed by atoms with E-state index in [1.54, 1.807) is 0 Å². The third-order valence-electron chi connectivity index (χ3n) is 2.50. The van der Waals surface area contributed by atoms with Crippen molar-refractivity contribution in [3.63, 3.8) is 0 Å². The Bertz CT molecular complexity index is 505. The SMILES string of the molecule is CC(=O)Nc1cccc(Cc2ccccc2)c1. The lowest BCUT2D eigenvalue weighted by Gasteiger charge is -2.05. The fourth-order valence-electron chi connectivity index (χ4n) is 1.79. The average Bonchev–Trinajstić information content (AvgIpc) is 2.30. The summed E-state index contributed by atoms with van der Waals surface area (Å²) in [5.74, 6) is -0.0399. The van der Waals surface area contributed by atoms with Crippen molar-refractivity contribution in [2.75, 3.05) is 5.32 Å². The number of carbonyl (C=O) groups excluding carboxylic acids is 1. The maximum absolute atomic E-state index is 11.0. The molecule has 0 aliphatic carbocycles. The quantitative estimate of drug-likeness (QED) is 0.853. The zero-order valence-electron chi connectivity index (χ0n) is 9.81. The first-order valence-electron chi connectivity index (χ1n) is 5.64. The second-order valence-corrected chi connectivity index (χ2v) is 4.04. The molecule has 2 nitrogen and oxygen atoms in total. The second kappa shape index (κ2) is 5.30. The van der Waals surface area contributed by atoms with Gasteiger partial charge in [-0.15, -0.1) is 0 Å². The smallest absolute Gasteiger partial charge is 0.221 e. The van der Waals surface area contributed by atoms with E-state index in [2.05, 4.69) is 23.5 Å². The van der Waals surface area contributed by atoms with Gasteiger partial charge in [0.25, 0.3) is 0 Å². The number of benzene rings is 2. The van der Waals surface area contributed by atoms with Crippen molar-refractivity contribution in [3.8, 4) is 0 Å². The van der Waals surface area contributed by atoms with E-state index in [0.717, 1.165) is 12.1 Å². The molecule has 0 spiro atoms. The van der Waals surface area contributed by atoms with E-state index in [0.29, 0.717) is 0 Å². The van der Waals surface area contributed by atoms with E-state index in [1.807, 2.05) is 36.4 Å². The predicted molar refractivity (Wildman–Crippen MR) is 70.0 cm³/mol. The van der Waals surface area contributed by atoms with Crippen LogP contribution in [0.4, 0.5) is 5.69 Å². The van der Waals surface area contributed by atoms with Gasteiger partial charge in [0.15, 0.2) is 0 Å². The third-order valence-corrected chi connectivity index (χ3v) is 2.50. The van der Waals surface area contributed by atoms with Crippen molar-refractivity contribution in [3.05, 3.63) is 65.7 Å². The molecule has 17 heavy (non-hydrogen) atoms. The lowest BCUT2D eigenvalue weighted by atomic mass is 10.0. The van der Waals surface area contributed by atoms with Crippen molar-refractivity contribution >= 4 is 11.6 Å². The molecule has 0 radical (unpaired) electrons. The van der Waals surface area contributed by atoms with Crippen LogP contribution in [0, 0.1) is 0 Å². The fraction of sp³-hybridized carbons (Fsp3) is 0.133. The van der Waals surface area contributed by atoms with E-state index in [-0.39, 0.29) is 5.91 Å². The van der Waals surface area contributed by atoms with E-state index in [4.69, 9.17) is 0 Å². The summed E-state index contributed by atoms with van der Waals surface area (Å²) in [6.45, 7) is 1.52. The number of hydrogen-bond donors (Lipinski definition) is 1. The molecule has 1 N–H and O–H groups in total. The maximum atomic E-state index is 11.0. The van der Waals surface area contributed by atoms with Crippen LogP contribution in [-0.4, -0.2) is 5.91 Å². The molecular formula is C15H15NO. The molecule has 0 heterocycles. The van der Waals surface area contributed by atoms with Gasteiger partial charge in [-0.1, -0.05) is 42.5 Å². The Labute approximate surface area is 101 Å². The van der Waals surface area contributed by atoms with Gasteiger partial charge in [-0.05, 0) is 29.7 Å². The molecule has 0 aliphatic rings. The van der Waals surface area contributed by atoms with Crippen molar-refractivity contribution in [2.45, 2.75) is 13.3 Å². The summed E-state index contributed by atoms with van der Waals surface area (Å²) < 4.78 is 0. The van der Waals surface area contributed by atoms with Crippen molar-refractivity contribution in [1.82, 2.24) is 0 Å². The van der Waals surface area contributed by atoms with E-state index in [9.17, 15) is 4.79 Å². The Hall–Kier alpha value is -2.09. The van der Waals surface area contributed by atoms with Crippen LogP contribution in [0.15, 0.2) is 54.6 Å². The summed E-state index contributed by atoms with van der Waals surface area (Å²) in [5.41, 5.74) is 3.32. The number of amides is 1. The number of hydrogen-bond acceptors (Lipinski definition) is 1. The van der Waals surface area contributed by atoms with Gasteiger partial charge in [0, 0.05) is 12.6 Å². The molecule has 0 saturated carbocycles. The van der Waals surface area contributed by atoms with Crippen LogP contribution in [0.1, 0.15) is 18.1 Å². The number of nitrogens with one attached hydrogen (secondary N) is 1. The first-order chi connectivity index (χ1) is 8.24. The summed E-state index contributed by atoms with van der Waals surface area (Å²) in [5, 5.41) is 2.79. The first kappa shape index (κ1) is 11.4. The molecule has 0 atom stereocenters. The third kappa shape index (κ3) is 3.45. The molecule has 2 aromatic rings. The monoisotopic (exact) mass is 225 g/mol. The molecule has 0 saturated heterocycles. The van der Waals surface area contributed by atoms with Gasteiger partial charge in [-0.25, -0.2) is 0 Å². The number of carbonyl (C=O) groups is 1. The molecule has 2 heteroatoms. The maximum Gasteiger partial charge on any atom is 0.221 e. The van der Waals surface area contributed by atoms with Crippen molar-refractivity contribution in [2.24, 2.45) is 0 Å². The Morgan fingerprint density at radius 3 is 2.41 bits per heavy atom. The highest BCUT2D eigenvalue weighted by atomic mass is 16.1. The minimum absolute atomic E-state index is 0.0399. The summed E-state index contributed by atoms with van der Waals surface area (Å²) in [7, 11) is 0. The average molecular weight is 225 g/mol. The van der Waals surface area contributed by atoms with Crippen LogP contribution in [0.5, 0.6) is 0 Å². The van der Waals surface area contributed by atoms with Gasteiger partial charge in [0.1, 0.15) is 0 Å². The van der Waals surface area contributed by atoms with Crippen LogP contribution in [-0.2, 0) is 11.2 Å². The molecule has 2 aromatic carbocycles. The van der Waals surface area contributed by atoms with Crippen molar-refractivity contribution in [1.29, 1.82) is 0 Å². The predicted octanol–water partition coefficient (Wildman–Crippen LogP) is 3.24. The summed E-state index contributed by atoms with van der Waals surface area (Å²) in [4.78, 5) is 11.0. The molecule has 0 aliphatic heterocycles. The van der Waals surface area contributed by atoms with E-state index in [1.165, 1.54) is 18.1 Å². The van der Waals surface area contributed by atoms with Crippen LogP contribution in [0.25, 0.3) is 0 Å². The fourth-order valence-corrected chi connectivity index (χ4v) is 1.79. The largest absolute Gasteiger partial charge is 0.326 e. The van der Waals surface area contributed by atoms with Crippen LogP contribution in [0.2, 0.25) is 0 Å². The minimum atomic E-state index is -0.0399. The Kier molecular flexibility index (Phi) is 3.55. The lowest BCUT2D eigenvalue weighted by molar-refractivity contribution is -0.114. The van der Waals surface area contributed by atoms with E-state index >= 15 is 0 Å². The molecule has 1 amide bonds. The molecular weight excluding hydrogens is 210 g/mol. The highest BCUT2D eigenvalue weighted by Gasteiger charge is 1.99. The molecule has 2 rings (SSSR count). The second-order valence-electron chi connectivity index (χ2n) is 4.04. The highest BCUT2D eigenvalue weighted by molar-refractivity contribution is 5.88. The number of anilines is 1. The van der Waals surface area contributed by atoms with E-state index < -0.39 is 0 Å². The van der Waals surface area contributed by atoms with Gasteiger partial charge < -0.3 is 5.32 Å². The lowest BCUT2D eigenvalue weighted by Crippen LogP contribution is -2.05. The zero-order valence-corrected chi connectivity index (χ0v) is 9.81. The minimum Gasteiger partial charge on any atom is -0.326 e. The Morgan fingerprint density at radius 1 is 1.00 bits per heavy atom. The van der Waals surface area contributed by atoms with Crippen LogP contribution in [0.3, 0.4) is 0 Å². The topological polar surface area (TPSA) is 29.1 Å². The Morgan fingerprint density at radius 2 is 1.71 bits per heavy atom. The normalized spacial score (nSPS) is 9.94. The van der Waals surface area contributed by atoms with Crippen molar-refractivity contribution < 1.29 is 4.79 Å². The van der Waals surface area contributed by atoms with Gasteiger partial charge in [-0.3, -0.25) is 4.79 Å². The van der Waals surface area contributed by atoms with Crippen LogP contribution < -0.4 is 5.32 Å². The van der Waals surface area contributed by atoms with Gasteiger partial charge in [0.05, 0.1) is 0 Å². The molecule has 0 aromatic heterocycles. The standard InChI is InChI=1S/C15H15NO/c1-12(17)16-15-9-5-8-14(11-15)10-13-6-3-2-4-7-13/h2-9,11H,10H2,1H3,(H,16,17). The highest BCUT2D eigenvalue weighted by Crippen LogP contribution is 2.14. The molecule has 86 valence electrons. The van der Waals surface area contributed by atoms with Gasteiger partial charge in [0.2, 0.25) is 5.91 Å². The molecule has 0 unspecified atom stereocenters. The van der Waals surface area contributed by atoms with Gasteiger partial charge in [-0.2, -0.15) is 0 Å². The number of rotatable bonds is 3. The Balaban J connectivity index is 2.14. The zero-order chi connectivity index (χ0) is 12.1. The first-order valence-corrected chi connectivity index (χ1v) is 5.64. The van der Waals surface area contributed by atoms with Gasteiger partial charge >= 0.3 is 0 Å². The summed E-state index contributed by atoms with van der Waals surface area (Å²) >= 11 is 0. The summed E-state index contributed by atoms with van der Waals surface area (Å²) in [6, 6.07) is 18.2. The molecule has 0 fully saturated rings. The summed E-state index contributed by atoms with van der Waals surface area (Å²) in [6.07, 6.45) is 0.883. The van der Waals surface area contributed by atoms with Crippen LogP contribution >= 0.6 is 0 Å². The molecule has 0 bridgehead atoms.